The molecule has 2 amide bonds. The molecule has 2 atom stereocenters. The van der Waals surface area contributed by atoms with E-state index in [2.05, 4.69) is 4.98 Å². The number of pyridine rings is 1. The first kappa shape index (κ1) is 15.5. The minimum absolute atomic E-state index is 0.0762. The zero-order valence-corrected chi connectivity index (χ0v) is 13.7. The van der Waals surface area contributed by atoms with Crippen molar-refractivity contribution >= 4 is 11.8 Å². The Kier molecular flexibility index (Phi) is 3.98. The maximum atomic E-state index is 13.3. The molecule has 0 aromatic carbocycles. The number of amides is 2. The van der Waals surface area contributed by atoms with E-state index in [1.807, 2.05) is 9.80 Å². The molecule has 4 rings (SSSR count). The van der Waals surface area contributed by atoms with Crippen LogP contribution >= 0.6 is 0 Å². The highest BCUT2D eigenvalue weighted by molar-refractivity contribution is 5.84. The van der Waals surface area contributed by atoms with Crippen molar-refractivity contribution in [1.82, 2.24) is 14.8 Å². The zero-order valence-electron chi connectivity index (χ0n) is 13.7. The minimum Gasteiger partial charge on any atom is -0.342 e. The van der Waals surface area contributed by atoms with E-state index in [1.54, 1.807) is 6.20 Å². The number of carbonyl (C=O) groups is 2. The molecule has 3 fully saturated rings. The van der Waals surface area contributed by atoms with Gasteiger partial charge in [0.05, 0.1) is 12.1 Å². The average molecular weight is 331 g/mol. The van der Waals surface area contributed by atoms with Crippen molar-refractivity contribution in [2.75, 3.05) is 19.6 Å². The fraction of sp³-hybridized carbons (Fsp3) is 0.611. The summed E-state index contributed by atoms with van der Waals surface area (Å²) in [5.74, 6) is 0.101. The fourth-order valence-electron chi connectivity index (χ4n) is 3.95. The van der Waals surface area contributed by atoms with Gasteiger partial charge in [0.2, 0.25) is 11.8 Å². The number of piperidine rings is 1. The van der Waals surface area contributed by atoms with Crippen molar-refractivity contribution in [3.63, 3.8) is 0 Å². The lowest BCUT2D eigenvalue weighted by molar-refractivity contribution is -0.142. The normalized spacial score (nSPS) is 27.6. The third kappa shape index (κ3) is 3.01. The fourth-order valence-corrected chi connectivity index (χ4v) is 3.95. The first-order valence-corrected chi connectivity index (χ1v) is 8.80. The summed E-state index contributed by atoms with van der Waals surface area (Å²) in [7, 11) is 0. The van der Waals surface area contributed by atoms with Crippen molar-refractivity contribution in [2.45, 2.75) is 44.1 Å². The van der Waals surface area contributed by atoms with Crippen molar-refractivity contribution in [3.05, 3.63) is 29.8 Å². The Hall–Kier alpha value is -1.98. The van der Waals surface area contributed by atoms with Crippen LogP contribution in [0.4, 0.5) is 4.39 Å². The van der Waals surface area contributed by atoms with Crippen LogP contribution in [0.15, 0.2) is 18.5 Å². The second-order valence-corrected chi connectivity index (χ2v) is 7.22. The molecule has 128 valence electrons. The number of likely N-dealkylation sites (tertiary alicyclic amines) is 2. The first-order chi connectivity index (χ1) is 11.6. The SMILES string of the molecule is O=C(C1CCC(=O)N(C2CC2)C1)N1CCC(c2cncc(F)c2)C1. The summed E-state index contributed by atoms with van der Waals surface area (Å²) in [6, 6.07) is 1.89. The van der Waals surface area contributed by atoms with Gasteiger partial charge in [-0.3, -0.25) is 14.6 Å². The lowest BCUT2D eigenvalue weighted by Crippen LogP contribution is -2.47. The highest BCUT2D eigenvalue weighted by atomic mass is 19.1. The highest BCUT2D eigenvalue weighted by Crippen LogP contribution is 2.34. The van der Waals surface area contributed by atoms with Gasteiger partial charge in [0, 0.05) is 44.2 Å². The van der Waals surface area contributed by atoms with E-state index < -0.39 is 0 Å². The topological polar surface area (TPSA) is 53.5 Å². The van der Waals surface area contributed by atoms with Gasteiger partial charge in [0.1, 0.15) is 5.82 Å². The monoisotopic (exact) mass is 331 g/mol. The lowest BCUT2D eigenvalue weighted by Gasteiger charge is -2.34. The molecule has 0 radical (unpaired) electrons. The van der Waals surface area contributed by atoms with Gasteiger partial charge in [-0.1, -0.05) is 0 Å². The van der Waals surface area contributed by atoms with Crippen LogP contribution in [0.1, 0.15) is 43.6 Å². The molecule has 2 unspecified atom stereocenters. The van der Waals surface area contributed by atoms with E-state index in [0.717, 1.165) is 24.8 Å². The van der Waals surface area contributed by atoms with Gasteiger partial charge in [0.15, 0.2) is 0 Å². The van der Waals surface area contributed by atoms with Crippen LogP contribution in [0.25, 0.3) is 0 Å². The number of nitrogens with zero attached hydrogens (tertiary/aromatic N) is 3. The molecule has 1 aromatic heterocycles. The van der Waals surface area contributed by atoms with E-state index >= 15 is 0 Å². The summed E-state index contributed by atoms with van der Waals surface area (Å²) < 4.78 is 13.3. The Bertz CT molecular complexity index is 661. The van der Waals surface area contributed by atoms with E-state index in [9.17, 15) is 14.0 Å². The molecule has 2 saturated heterocycles. The zero-order chi connectivity index (χ0) is 16.7. The summed E-state index contributed by atoms with van der Waals surface area (Å²) in [4.78, 5) is 32.5. The highest BCUT2D eigenvalue weighted by Gasteiger charge is 2.40. The number of aromatic nitrogens is 1. The summed E-state index contributed by atoms with van der Waals surface area (Å²) in [5.41, 5.74) is 0.865. The van der Waals surface area contributed by atoms with E-state index in [4.69, 9.17) is 0 Å². The van der Waals surface area contributed by atoms with Crippen LogP contribution in [-0.4, -0.2) is 52.3 Å². The van der Waals surface area contributed by atoms with E-state index in [1.165, 1.54) is 12.3 Å². The van der Waals surface area contributed by atoms with Crippen molar-refractivity contribution < 1.29 is 14.0 Å². The summed E-state index contributed by atoms with van der Waals surface area (Å²) >= 11 is 0. The maximum Gasteiger partial charge on any atom is 0.227 e. The second kappa shape index (κ2) is 6.15. The number of rotatable bonds is 3. The Morgan fingerprint density at radius 1 is 1.17 bits per heavy atom. The number of halogens is 1. The minimum atomic E-state index is -0.330. The Morgan fingerprint density at radius 3 is 2.75 bits per heavy atom. The van der Waals surface area contributed by atoms with Gasteiger partial charge in [-0.25, -0.2) is 4.39 Å². The van der Waals surface area contributed by atoms with Crippen LogP contribution in [0.2, 0.25) is 0 Å². The quantitative estimate of drug-likeness (QED) is 0.850. The smallest absolute Gasteiger partial charge is 0.227 e. The molecule has 1 saturated carbocycles. The van der Waals surface area contributed by atoms with Gasteiger partial charge < -0.3 is 9.80 Å². The summed E-state index contributed by atoms with van der Waals surface area (Å²) in [5, 5.41) is 0. The predicted octanol–water partition coefficient (Wildman–Crippen LogP) is 1.94. The molecule has 5 nitrogen and oxygen atoms in total. The summed E-state index contributed by atoms with van der Waals surface area (Å²) in [6.45, 7) is 1.90. The molecule has 3 aliphatic rings. The van der Waals surface area contributed by atoms with Gasteiger partial charge in [-0.05, 0) is 37.3 Å². The molecule has 3 heterocycles. The van der Waals surface area contributed by atoms with Gasteiger partial charge in [-0.2, -0.15) is 0 Å². The molecule has 6 heteroatoms. The molecule has 0 N–H and O–H groups in total. The standard InChI is InChI=1S/C18H22FN3O2/c19-15-7-14(8-20-9-15)12-5-6-21(10-12)18(24)13-1-4-17(23)22(11-13)16-2-3-16/h7-9,12-13,16H,1-6,10-11H2. The average Bonchev–Trinajstić information content (AvgIpc) is 3.30. The van der Waals surface area contributed by atoms with Crippen LogP contribution in [0, 0.1) is 11.7 Å². The number of hydrogen-bond donors (Lipinski definition) is 0. The van der Waals surface area contributed by atoms with Crippen LogP contribution in [0.5, 0.6) is 0 Å². The summed E-state index contributed by atoms with van der Waals surface area (Å²) in [6.07, 6.45) is 7.02. The van der Waals surface area contributed by atoms with Crippen molar-refractivity contribution in [3.8, 4) is 0 Å². The Morgan fingerprint density at radius 2 is 2.00 bits per heavy atom. The van der Waals surface area contributed by atoms with Gasteiger partial charge in [0.25, 0.3) is 0 Å². The molecule has 1 aliphatic carbocycles. The van der Waals surface area contributed by atoms with Crippen LogP contribution in [-0.2, 0) is 9.59 Å². The van der Waals surface area contributed by atoms with E-state index in [-0.39, 0.29) is 29.5 Å². The lowest BCUT2D eigenvalue weighted by atomic mass is 9.95. The molecular formula is C18H22FN3O2. The molecule has 0 bridgehead atoms. The number of hydrogen-bond acceptors (Lipinski definition) is 3. The maximum absolute atomic E-state index is 13.3. The van der Waals surface area contributed by atoms with E-state index in [0.29, 0.717) is 38.5 Å². The molecule has 1 aromatic rings. The molecule has 2 aliphatic heterocycles. The second-order valence-electron chi connectivity index (χ2n) is 7.22. The first-order valence-electron chi connectivity index (χ1n) is 8.80. The third-order valence-corrected chi connectivity index (χ3v) is 5.48. The number of carbonyl (C=O) groups excluding carboxylic acids is 2. The van der Waals surface area contributed by atoms with Crippen molar-refractivity contribution in [1.29, 1.82) is 0 Å². The predicted molar refractivity (Wildman–Crippen MR) is 85.6 cm³/mol. The molecule has 24 heavy (non-hydrogen) atoms. The van der Waals surface area contributed by atoms with Crippen LogP contribution in [0.3, 0.4) is 0 Å². The van der Waals surface area contributed by atoms with Gasteiger partial charge in [-0.15, -0.1) is 0 Å². The Labute approximate surface area is 140 Å². The molecule has 0 spiro atoms. The largest absolute Gasteiger partial charge is 0.342 e. The van der Waals surface area contributed by atoms with Gasteiger partial charge >= 0.3 is 0 Å². The molecular weight excluding hydrogens is 309 g/mol. The Balaban J connectivity index is 1.39. The van der Waals surface area contributed by atoms with Crippen LogP contribution < -0.4 is 0 Å². The van der Waals surface area contributed by atoms with Crippen molar-refractivity contribution in [2.24, 2.45) is 5.92 Å². The third-order valence-electron chi connectivity index (χ3n) is 5.48.